The summed E-state index contributed by atoms with van der Waals surface area (Å²) >= 11 is 0. The molecule has 1 N–H and O–H groups in total. The average molecular weight is 261 g/mol. The minimum Gasteiger partial charge on any atom is -0.464 e. The van der Waals surface area contributed by atoms with E-state index in [2.05, 4.69) is 11.2 Å². The van der Waals surface area contributed by atoms with Crippen molar-refractivity contribution in [2.45, 2.75) is 12.5 Å². The Balaban J connectivity index is 3.18. The summed E-state index contributed by atoms with van der Waals surface area (Å²) < 4.78 is 10.4. The SMILES string of the molecule is C#CCNC(COC)(C(=O)OCC)c1ccccc1. The first kappa shape index (κ1) is 15.2. The van der Waals surface area contributed by atoms with Gasteiger partial charge in [0.2, 0.25) is 0 Å². The lowest BCUT2D eigenvalue weighted by molar-refractivity contribution is -0.154. The molecule has 0 spiro atoms. The van der Waals surface area contributed by atoms with Crippen molar-refractivity contribution in [3.05, 3.63) is 35.9 Å². The summed E-state index contributed by atoms with van der Waals surface area (Å²) in [6.07, 6.45) is 5.28. The number of rotatable bonds is 7. The molecule has 0 saturated heterocycles. The Morgan fingerprint density at radius 1 is 1.42 bits per heavy atom. The maximum Gasteiger partial charge on any atom is 0.333 e. The fraction of sp³-hybridized carbons (Fsp3) is 0.400. The molecule has 0 aliphatic rings. The van der Waals surface area contributed by atoms with Gasteiger partial charge in [0, 0.05) is 7.11 Å². The molecular weight excluding hydrogens is 242 g/mol. The Bertz CT molecular complexity index is 438. The normalized spacial score (nSPS) is 13.3. The van der Waals surface area contributed by atoms with Gasteiger partial charge in [-0.1, -0.05) is 36.3 Å². The van der Waals surface area contributed by atoms with Gasteiger partial charge in [-0.3, -0.25) is 5.32 Å². The molecule has 0 saturated carbocycles. The van der Waals surface area contributed by atoms with E-state index in [4.69, 9.17) is 15.9 Å². The standard InChI is InChI=1S/C15H19NO3/c1-4-11-16-15(12-18-3,14(17)19-5-2)13-9-7-6-8-10-13/h1,6-10,16H,5,11-12H2,2-3H3. The Morgan fingerprint density at radius 2 is 2.11 bits per heavy atom. The molecule has 0 radical (unpaired) electrons. The highest BCUT2D eigenvalue weighted by molar-refractivity contribution is 5.83. The maximum absolute atomic E-state index is 12.3. The zero-order valence-electron chi connectivity index (χ0n) is 11.3. The molecule has 0 fully saturated rings. The van der Waals surface area contributed by atoms with E-state index < -0.39 is 11.5 Å². The predicted octanol–water partition coefficient (Wildman–Crippen LogP) is 1.31. The summed E-state index contributed by atoms with van der Waals surface area (Å²) in [4.78, 5) is 12.3. The number of carbonyl (C=O) groups is 1. The van der Waals surface area contributed by atoms with Crippen molar-refractivity contribution in [1.82, 2.24) is 5.32 Å². The molecule has 19 heavy (non-hydrogen) atoms. The van der Waals surface area contributed by atoms with Gasteiger partial charge < -0.3 is 9.47 Å². The van der Waals surface area contributed by atoms with Gasteiger partial charge in [-0.25, -0.2) is 4.79 Å². The molecule has 1 atom stereocenters. The van der Waals surface area contributed by atoms with Crippen LogP contribution >= 0.6 is 0 Å². The fourth-order valence-electron chi connectivity index (χ4n) is 1.88. The quantitative estimate of drug-likeness (QED) is 0.594. The van der Waals surface area contributed by atoms with Gasteiger partial charge >= 0.3 is 5.97 Å². The predicted molar refractivity (Wildman–Crippen MR) is 73.5 cm³/mol. The van der Waals surface area contributed by atoms with Gasteiger partial charge in [-0.15, -0.1) is 6.42 Å². The van der Waals surface area contributed by atoms with Crippen molar-refractivity contribution in [3.8, 4) is 12.3 Å². The summed E-state index contributed by atoms with van der Waals surface area (Å²) in [6.45, 7) is 2.46. The van der Waals surface area contributed by atoms with Crippen molar-refractivity contribution in [2.75, 3.05) is 26.9 Å². The lowest BCUT2D eigenvalue weighted by atomic mass is 9.90. The van der Waals surface area contributed by atoms with E-state index in [0.717, 1.165) is 5.56 Å². The van der Waals surface area contributed by atoms with E-state index in [0.29, 0.717) is 6.61 Å². The molecule has 102 valence electrons. The second-order valence-electron chi connectivity index (χ2n) is 3.98. The van der Waals surface area contributed by atoms with Crippen LogP contribution < -0.4 is 5.32 Å². The number of carbonyl (C=O) groups excluding carboxylic acids is 1. The molecule has 4 heteroatoms. The molecule has 4 nitrogen and oxygen atoms in total. The van der Waals surface area contributed by atoms with E-state index in [1.54, 1.807) is 6.92 Å². The Kier molecular flexibility index (Phi) is 6.07. The molecule has 0 aromatic heterocycles. The van der Waals surface area contributed by atoms with Gasteiger partial charge in [-0.05, 0) is 12.5 Å². The molecule has 0 aliphatic heterocycles. The Morgan fingerprint density at radius 3 is 2.63 bits per heavy atom. The number of esters is 1. The number of terminal acetylenes is 1. The highest BCUT2D eigenvalue weighted by Gasteiger charge is 2.41. The second kappa shape index (κ2) is 7.57. The maximum atomic E-state index is 12.3. The van der Waals surface area contributed by atoms with Crippen LogP contribution in [-0.2, 0) is 19.8 Å². The number of nitrogens with one attached hydrogen (secondary N) is 1. The highest BCUT2D eigenvalue weighted by Crippen LogP contribution is 2.23. The number of hydrogen-bond acceptors (Lipinski definition) is 4. The first-order valence-corrected chi connectivity index (χ1v) is 6.11. The van der Waals surface area contributed by atoms with Crippen molar-refractivity contribution < 1.29 is 14.3 Å². The van der Waals surface area contributed by atoms with Crippen LogP contribution in [0.1, 0.15) is 12.5 Å². The highest BCUT2D eigenvalue weighted by atomic mass is 16.5. The number of ether oxygens (including phenoxy) is 2. The molecule has 0 heterocycles. The van der Waals surface area contributed by atoms with Crippen molar-refractivity contribution in [3.63, 3.8) is 0 Å². The van der Waals surface area contributed by atoms with Crippen LogP contribution in [0.3, 0.4) is 0 Å². The molecule has 1 aromatic rings. The van der Waals surface area contributed by atoms with Gasteiger partial charge in [0.15, 0.2) is 5.54 Å². The lowest BCUT2D eigenvalue weighted by Crippen LogP contribution is -2.53. The first-order valence-electron chi connectivity index (χ1n) is 6.11. The van der Waals surface area contributed by atoms with Crippen molar-refractivity contribution in [1.29, 1.82) is 0 Å². The molecule has 0 amide bonds. The number of methoxy groups -OCH3 is 1. The summed E-state index contributed by atoms with van der Waals surface area (Å²) in [5, 5.41) is 3.05. The van der Waals surface area contributed by atoms with Gasteiger partial charge in [0.1, 0.15) is 0 Å². The summed E-state index contributed by atoms with van der Waals surface area (Å²) in [7, 11) is 1.54. The Labute approximate surface area is 114 Å². The third-order valence-corrected chi connectivity index (χ3v) is 2.74. The monoisotopic (exact) mass is 261 g/mol. The fourth-order valence-corrected chi connectivity index (χ4v) is 1.88. The van der Waals surface area contributed by atoms with Crippen LogP contribution in [0.2, 0.25) is 0 Å². The molecule has 0 aliphatic carbocycles. The summed E-state index contributed by atoms with van der Waals surface area (Å²) in [6, 6.07) is 9.29. The van der Waals surface area contributed by atoms with Crippen molar-refractivity contribution in [2.24, 2.45) is 0 Å². The van der Waals surface area contributed by atoms with Gasteiger partial charge in [0.25, 0.3) is 0 Å². The lowest BCUT2D eigenvalue weighted by Gasteiger charge is -2.31. The van der Waals surface area contributed by atoms with Crippen LogP contribution in [-0.4, -0.2) is 32.8 Å². The van der Waals surface area contributed by atoms with Crippen molar-refractivity contribution >= 4 is 5.97 Å². The largest absolute Gasteiger partial charge is 0.464 e. The van der Waals surface area contributed by atoms with E-state index in [9.17, 15) is 4.79 Å². The molecule has 1 unspecified atom stereocenters. The second-order valence-corrected chi connectivity index (χ2v) is 3.98. The molecule has 1 rings (SSSR count). The van der Waals surface area contributed by atoms with Crippen LogP contribution in [0, 0.1) is 12.3 Å². The van der Waals surface area contributed by atoms with E-state index in [-0.39, 0.29) is 13.2 Å². The summed E-state index contributed by atoms with van der Waals surface area (Å²) in [5.74, 6) is 2.08. The Hall–Kier alpha value is -1.83. The van der Waals surface area contributed by atoms with E-state index in [1.165, 1.54) is 7.11 Å². The molecular formula is C15H19NO3. The van der Waals surface area contributed by atoms with Gasteiger partial charge in [-0.2, -0.15) is 0 Å². The zero-order chi connectivity index (χ0) is 14.1. The van der Waals surface area contributed by atoms with E-state index in [1.807, 2.05) is 30.3 Å². The van der Waals surface area contributed by atoms with Crippen LogP contribution in [0.5, 0.6) is 0 Å². The van der Waals surface area contributed by atoms with Crippen LogP contribution in [0.4, 0.5) is 0 Å². The molecule has 1 aromatic carbocycles. The van der Waals surface area contributed by atoms with E-state index >= 15 is 0 Å². The summed E-state index contributed by atoms with van der Waals surface area (Å²) in [5.41, 5.74) is -0.302. The third-order valence-electron chi connectivity index (χ3n) is 2.74. The smallest absolute Gasteiger partial charge is 0.333 e. The molecule has 0 bridgehead atoms. The average Bonchev–Trinajstić information content (AvgIpc) is 2.44. The van der Waals surface area contributed by atoms with Crippen LogP contribution in [0.15, 0.2) is 30.3 Å². The topological polar surface area (TPSA) is 47.6 Å². The number of hydrogen-bond donors (Lipinski definition) is 1. The third kappa shape index (κ3) is 3.57. The first-order chi connectivity index (χ1) is 9.21. The zero-order valence-corrected chi connectivity index (χ0v) is 11.3. The minimum atomic E-state index is -1.07. The van der Waals surface area contributed by atoms with Crippen LogP contribution in [0.25, 0.3) is 0 Å². The van der Waals surface area contributed by atoms with Gasteiger partial charge in [0.05, 0.1) is 19.8 Å². The minimum absolute atomic E-state index is 0.150. The number of benzene rings is 1.